The molecule has 0 aromatic heterocycles. The number of hydrogen-bond acceptors (Lipinski definition) is 0. The summed E-state index contributed by atoms with van der Waals surface area (Å²) in [4.78, 5) is 0. The minimum Gasteiger partial charge on any atom is -0.204 e. The van der Waals surface area contributed by atoms with E-state index in [2.05, 4.69) is 50.3 Å². The fourth-order valence-corrected chi connectivity index (χ4v) is 4.25. The Hall–Kier alpha value is -2.22. The number of hydrogen-bond donors (Lipinski definition) is 0. The molecule has 0 saturated heterocycles. The summed E-state index contributed by atoms with van der Waals surface area (Å²) in [5.41, 5.74) is 3.18. The average Bonchev–Trinajstić information content (AvgIpc) is 2.74. The van der Waals surface area contributed by atoms with Crippen LogP contribution in [-0.2, 0) is 12.8 Å². The van der Waals surface area contributed by atoms with Crippen LogP contribution in [0.5, 0.6) is 0 Å². The fourth-order valence-electron chi connectivity index (χ4n) is 4.25. The van der Waals surface area contributed by atoms with Crippen molar-refractivity contribution in [3.05, 3.63) is 95.1 Å². The van der Waals surface area contributed by atoms with E-state index >= 15 is 0 Å². The van der Waals surface area contributed by atoms with Crippen molar-refractivity contribution >= 4 is 0 Å². The van der Waals surface area contributed by atoms with E-state index in [-0.39, 0.29) is 11.3 Å². The molecule has 0 saturated carbocycles. The van der Waals surface area contributed by atoms with E-state index in [1.165, 1.54) is 30.0 Å². The van der Waals surface area contributed by atoms with Gasteiger partial charge in [-0.15, -0.1) is 0 Å². The molecule has 0 radical (unpaired) electrons. The molecule has 0 bridgehead atoms. The highest BCUT2D eigenvalue weighted by atomic mass is 19.2. The normalized spacial score (nSPS) is 20.9. The molecule has 0 spiro atoms. The average molecular weight is 395 g/mol. The molecule has 0 unspecified atom stereocenters. The molecule has 0 nitrogen and oxygen atoms in total. The SMILES string of the molecule is CCCCc1ccc(CCC2(CCC)C=CC(c3cccc(F)c3F)C=C2)cc1. The summed E-state index contributed by atoms with van der Waals surface area (Å²) in [6.45, 7) is 4.42. The van der Waals surface area contributed by atoms with Crippen molar-refractivity contribution in [2.24, 2.45) is 5.41 Å². The first kappa shape index (κ1) is 21.5. The van der Waals surface area contributed by atoms with Crippen molar-refractivity contribution in [2.45, 2.75) is 64.7 Å². The van der Waals surface area contributed by atoms with E-state index in [9.17, 15) is 8.78 Å². The Labute approximate surface area is 174 Å². The lowest BCUT2D eigenvalue weighted by molar-refractivity contribution is 0.402. The van der Waals surface area contributed by atoms with Gasteiger partial charge in [-0.3, -0.25) is 0 Å². The molecule has 0 atom stereocenters. The van der Waals surface area contributed by atoms with Crippen LogP contribution in [0.1, 0.15) is 68.6 Å². The summed E-state index contributed by atoms with van der Waals surface area (Å²) in [7, 11) is 0. The Morgan fingerprint density at radius 1 is 0.793 bits per heavy atom. The van der Waals surface area contributed by atoms with Gasteiger partial charge in [0.15, 0.2) is 11.6 Å². The maximum Gasteiger partial charge on any atom is 0.162 e. The van der Waals surface area contributed by atoms with Gasteiger partial charge in [-0.25, -0.2) is 8.78 Å². The lowest BCUT2D eigenvalue weighted by Crippen LogP contribution is -2.19. The fraction of sp³-hybridized carbons (Fsp3) is 0.407. The molecule has 0 N–H and O–H groups in total. The number of unbranched alkanes of at least 4 members (excludes halogenated alkanes) is 1. The molecule has 0 aliphatic heterocycles. The van der Waals surface area contributed by atoms with Crippen LogP contribution in [0.15, 0.2) is 66.8 Å². The van der Waals surface area contributed by atoms with Gasteiger partial charge < -0.3 is 0 Å². The smallest absolute Gasteiger partial charge is 0.162 e. The summed E-state index contributed by atoms with van der Waals surface area (Å²) in [6.07, 6.45) is 16.3. The van der Waals surface area contributed by atoms with E-state index < -0.39 is 11.6 Å². The predicted molar refractivity (Wildman–Crippen MR) is 118 cm³/mol. The van der Waals surface area contributed by atoms with Gasteiger partial charge in [0, 0.05) is 16.9 Å². The summed E-state index contributed by atoms with van der Waals surface area (Å²) in [5, 5.41) is 0. The predicted octanol–water partition coefficient (Wildman–Crippen LogP) is 7.94. The molecule has 3 rings (SSSR count). The number of aryl methyl sites for hydroxylation is 2. The van der Waals surface area contributed by atoms with Crippen molar-refractivity contribution in [1.29, 1.82) is 0 Å². The van der Waals surface area contributed by atoms with E-state index in [0.717, 1.165) is 32.1 Å². The van der Waals surface area contributed by atoms with E-state index in [1.807, 2.05) is 12.2 Å². The molecule has 0 heterocycles. The molecule has 154 valence electrons. The lowest BCUT2D eigenvalue weighted by atomic mass is 9.73. The summed E-state index contributed by atoms with van der Waals surface area (Å²) >= 11 is 0. The molecular formula is C27H32F2. The first-order valence-electron chi connectivity index (χ1n) is 11.0. The van der Waals surface area contributed by atoms with Crippen molar-refractivity contribution in [2.75, 3.05) is 0 Å². The van der Waals surface area contributed by atoms with Crippen LogP contribution in [0.25, 0.3) is 0 Å². The number of halogens is 2. The highest BCUT2D eigenvalue weighted by Crippen LogP contribution is 2.39. The molecule has 1 aliphatic carbocycles. The third-order valence-corrected chi connectivity index (χ3v) is 6.05. The molecular weight excluding hydrogens is 362 g/mol. The monoisotopic (exact) mass is 394 g/mol. The number of rotatable bonds is 9. The Morgan fingerprint density at radius 3 is 2.07 bits per heavy atom. The zero-order valence-corrected chi connectivity index (χ0v) is 17.6. The molecule has 0 amide bonds. The maximum absolute atomic E-state index is 14.2. The molecule has 1 aliphatic rings. The van der Waals surface area contributed by atoms with Crippen LogP contribution in [0.2, 0.25) is 0 Å². The van der Waals surface area contributed by atoms with Crippen LogP contribution in [-0.4, -0.2) is 0 Å². The van der Waals surface area contributed by atoms with Gasteiger partial charge in [-0.2, -0.15) is 0 Å². The van der Waals surface area contributed by atoms with Crippen molar-refractivity contribution in [3.63, 3.8) is 0 Å². The Kier molecular flexibility index (Phi) is 7.41. The third-order valence-electron chi connectivity index (χ3n) is 6.05. The maximum atomic E-state index is 14.2. The van der Waals surface area contributed by atoms with Gasteiger partial charge in [0.25, 0.3) is 0 Å². The Balaban J connectivity index is 1.68. The van der Waals surface area contributed by atoms with Crippen molar-refractivity contribution in [3.8, 4) is 0 Å². The summed E-state index contributed by atoms with van der Waals surface area (Å²) in [6, 6.07) is 13.4. The molecule has 2 aromatic carbocycles. The second-order valence-electron chi connectivity index (χ2n) is 8.29. The first-order chi connectivity index (χ1) is 14.1. The standard InChI is InChI=1S/C27H32F2/c1-3-5-7-21-10-12-22(13-11-21)14-18-27(17-4-2)19-15-23(16-20-27)24-8-6-9-25(28)26(24)29/h6,8-13,15-16,19-20,23H,3-5,7,14,17-18H2,1-2H3. The Morgan fingerprint density at radius 2 is 1.45 bits per heavy atom. The summed E-state index contributed by atoms with van der Waals surface area (Å²) in [5.74, 6) is -1.72. The van der Waals surface area contributed by atoms with Gasteiger partial charge in [-0.1, -0.05) is 87.4 Å². The van der Waals surface area contributed by atoms with Crippen molar-refractivity contribution in [1.82, 2.24) is 0 Å². The van der Waals surface area contributed by atoms with Gasteiger partial charge in [-0.05, 0) is 49.3 Å². The van der Waals surface area contributed by atoms with Crippen LogP contribution >= 0.6 is 0 Å². The highest BCUT2D eigenvalue weighted by molar-refractivity contribution is 5.36. The molecule has 0 fully saturated rings. The van der Waals surface area contributed by atoms with Crippen molar-refractivity contribution < 1.29 is 8.78 Å². The zero-order valence-electron chi connectivity index (χ0n) is 17.6. The van der Waals surface area contributed by atoms with E-state index in [4.69, 9.17) is 0 Å². The topological polar surface area (TPSA) is 0 Å². The zero-order chi connectivity index (χ0) is 20.7. The van der Waals surface area contributed by atoms with E-state index in [0.29, 0.717) is 5.56 Å². The quantitative estimate of drug-likeness (QED) is 0.379. The van der Waals surface area contributed by atoms with Gasteiger partial charge in [0.1, 0.15) is 0 Å². The molecule has 2 heteroatoms. The largest absolute Gasteiger partial charge is 0.204 e. The molecule has 2 aromatic rings. The number of allylic oxidation sites excluding steroid dienone is 4. The van der Waals surface area contributed by atoms with Crippen LogP contribution in [0.3, 0.4) is 0 Å². The van der Waals surface area contributed by atoms with Gasteiger partial charge in [0.2, 0.25) is 0 Å². The second kappa shape index (κ2) is 10.0. The first-order valence-corrected chi connectivity index (χ1v) is 11.0. The Bertz CT molecular complexity index is 831. The van der Waals surface area contributed by atoms with E-state index in [1.54, 1.807) is 12.1 Å². The van der Waals surface area contributed by atoms with Gasteiger partial charge >= 0.3 is 0 Å². The number of benzene rings is 2. The minimum atomic E-state index is -0.780. The lowest BCUT2D eigenvalue weighted by Gasteiger charge is -2.31. The third kappa shape index (κ3) is 5.44. The summed E-state index contributed by atoms with van der Waals surface area (Å²) < 4.78 is 27.8. The van der Waals surface area contributed by atoms with Crippen LogP contribution < -0.4 is 0 Å². The second-order valence-corrected chi connectivity index (χ2v) is 8.29. The van der Waals surface area contributed by atoms with Gasteiger partial charge in [0.05, 0.1) is 0 Å². The molecule has 29 heavy (non-hydrogen) atoms. The van der Waals surface area contributed by atoms with Crippen LogP contribution in [0.4, 0.5) is 8.78 Å². The highest BCUT2D eigenvalue weighted by Gasteiger charge is 2.27. The van der Waals surface area contributed by atoms with Crippen LogP contribution in [0, 0.1) is 17.0 Å². The minimum absolute atomic E-state index is 0.00403.